The molecule has 0 aromatic heterocycles. The fraction of sp³-hybridized carbons (Fsp3) is 0.650. The molecule has 0 unspecified atom stereocenters. The highest BCUT2D eigenvalue weighted by atomic mass is 16.5. The maximum Gasteiger partial charge on any atom is 0.407 e. The number of carbonyl (C=O) groups excluding carboxylic acids is 1. The number of benzene rings is 1. The summed E-state index contributed by atoms with van der Waals surface area (Å²) in [7, 11) is 0. The smallest absolute Gasteiger partial charge is 0.407 e. The minimum atomic E-state index is -0.418. The number of β-amino-alcohol motifs (C(OH)–C–C–N with tert-alkyl or cyclic N) is 1. The monoisotopic (exact) mass is 362 g/mol. The Morgan fingerprint density at radius 1 is 1.31 bits per heavy atom. The number of carbonyl (C=O) groups is 1. The Morgan fingerprint density at radius 2 is 2.08 bits per heavy atom. The largest absolute Gasteiger partial charge is 0.445 e. The Balaban J connectivity index is 1.31. The first-order valence-electron chi connectivity index (χ1n) is 9.60. The summed E-state index contributed by atoms with van der Waals surface area (Å²) in [5, 5.41) is 22.8. The molecule has 3 N–H and O–H groups in total. The van der Waals surface area contributed by atoms with Crippen molar-refractivity contribution in [3.63, 3.8) is 0 Å². The van der Waals surface area contributed by atoms with Gasteiger partial charge in [0.2, 0.25) is 0 Å². The van der Waals surface area contributed by atoms with Crippen molar-refractivity contribution in [3.8, 4) is 0 Å². The molecule has 0 bridgehead atoms. The molecule has 1 saturated carbocycles. The summed E-state index contributed by atoms with van der Waals surface area (Å²) >= 11 is 0. The van der Waals surface area contributed by atoms with Crippen molar-refractivity contribution in [1.82, 2.24) is 10.2 Å². The van der Waals surface area contributed by atoms with Crippen LogP contribution in [0.25, 0.3) is 0 Å². The number of alkyl carbamates (subject to hydrolysis) is 1. The summed E-state index contributed by atoms with van der Waals surface area (Å²) in [6, 6.07) is 9.62. The topological polar surface area (TPSA) is 82.0 Å². The van der Waals surface area contributed by atoms with Crippen LogP contribution in [0, 0.1) is 5.41 Å². The fourth-order valence-electron chi connectivity index (χ4n) is 3.81. The van der Waals surface area contributed by atoms with Gasteiger partial charge >= 0.3 is 6.09 Å². The van der Waals surface area contributed by atoms with Gasteiger partial charge < -0.3 is 20.3 Å². The molecule has 1 heterocycles. The van der Waals surface area contributed by atoms with E-state index in [1.807, 2.05) is 30.3 Å². The third-order valence-electron chi connectivity index (χ3n) is 5.83. The predicted molar refractivity (Wildman–Crippen MR) is 98.6 cm³/mol. The maximum absolute atomic E-state index is 11.7. The van der Waals surface area contributed by atoms with Gasteiger partial charge in [0, 0.05) is 19.1 Å². The van der Waals surface area contributed by atoms with E-state index < -0.39 is 6.09 Å². The summed E-state index contributed by atoms with van der Waals surface area (Å²) in [4.78, 5) is 13.9. The van der Waals surface area contributed by atoms with Gasteiger partial charge in [0.25, 0.3) is 0 Å². The minimum absolute atomic E-state index is 0.0443. The van der Waals surface area contributed by atoms with E-state index in [4.69, 9.17) is 4.74 Å². The first-order valence-corrected chi connectivity index (χ1v) is 9.60. The van der Waals surface area contributed by atoms with E-state index in [1.54, 1.807) is 0 Å². The lowest BCUT2D eigenvalue weighted by atomic mass is 9.89. The molecule has 144 valence electrons. The van der Waals surface area contributed by atoms with Gasteiger partial charge in [-0.3, -0.25) is 4.90 Å². The lowest BCUT2D eigenvalue weighted by Gasteiger charge is -2.40. The maximum atomic E-state index is 11.7. The van der Waals surface area contributed by atoms with E-state index >= 15 is 0 Å². The van der Waals surface area contributed by atoms with Crippen molar-refractivity contribution in [2.75, 3.05) is 26.2 Å². The van der Waals surface area contributed by atoms with Crippen LogP contribution < -0.4 is 5.32 Å². The number of ether oxygens (including phenoxy) is 1. The van der Waals surface area contributed by atoms with E-state index in [9.17, 15) is 15.0 Å². The van der Waals surface area contributed by atoms with Crippen LogP contribution >= 0.6 is 0 Å². The van der Waals surface area contributed by atoms with Crippen LogP contribution in [0.4, 0.5) is 4.79 Å². The Labute approximate surface area is 155 Å². The zero-order chi connectivity index (χ0) is 18.4. The molecular weight excluding hydrogens is 332 g/mol. The van der Waals surface area contributed by atoms with Crippen molar-refractivity contribution in [1.29, 1.82) is 0 Å². The number of likely N-dealkylation sites (tertiary alicyclic amines) is 1. The zero-order valence-electron chi connectivity index (χ0n) is 15.3. The van der Waals surface area contributed by atoms with Crippen LogP contribution in [0.5, 0.6) is 0 Å². The summed E-state index contributed by atoms with van der Waals surface area (Å²) in [5.41, 5.74) is 1.14. The van der Waals surface area contributed by atoms with Crippen LogP contribution in [0.3, 0.4) is 0 Å². The molecule has 6 heteroatoms. The number of nitrogens with one attached hydrogen (secondary N) is 1. The van der Waals surface area contributed by atoms with E-state index in [0.717, 1.165) is 44.2 Å². The minimum Gasteiger partial charge on any atom is -0.445 e. The molecule has 2 aliphatic rings. The molecule has 6 nitrogen and oxygen atoms in total. The molecule has 1 aliphatic carbocycles. The molecule has 0 radical (unpaired) electrons. The van der Waals surface area contributed by atoms with Crippen molar-refractivity contribution in [3.05, 3.63) is 35.9 Å². The van der Waals surface area contributed by atoms with Crippen molar-refractivity contribution in [2.24, 2.45) is 5.41 Å². The van der Waals surface area contributed by atoms with Gasteiger partial charge in [-0.25, -0.2) is 4.79 Å². The van der Waals surface area contributed by atoms with Crippen LogP contribution in [0.1, 0.15) is 37.7 Å². The second kappa shape index (κ2) is 8.84. The Kier molecular flexibility index (Phi) is 6.51. The molecular formula is C20H30N2O4. The van der Waals surface area contributed by atoms with Crippen molar-refractivity contribution in [2.45, 2.75) is 50.9 Å². The van der Waals surface area contributed by atoms with E-state index in [2.05, 4.69) is 10.2 Å². The van der Waals surface area contributed by atoms with Gasteiger partial charge in [-0.15, -0.1) is 0 Å². The van der Waals surface area contributed by atoms with Crippen LogP contribution in [0.2, 0.25) is 0 Å². The van der Waals surface area contributed by atoms with Crippen molar-refractivity contribution < 1.29 is 19.7 Å². The zero-order valence-corrected chi connectivity index (χ0v) is 15.3. The van der Waals surface area contributed by atoms with E-state index in [1.165, 1.54) is 0 Å². The van der Waals surface area contributed by atoms with Crippen LogP contribution in [-0.2, 0) is 11.3 Å². The highest BCUT2D eigenvalue weighted by molar-refractivity contribution is 5.67. The summed E-state index contributed by atoms with van der Waals surface area (Å²) in [6.07, 6.45) is 4.17. The number of rotatable bonds is 8. The van der Waals surface area contributed by atoms with Crippen LogP contribution in [0.15, 0.2) is 30.3 Å². The molecule has 1 amide bonds. The highest BCUT2D eigenvalue weighted by Gasteiger charge is 2.51. The Morgan fingerprint density at radius 3 is 2.73 bits per heavy atom. The second-order valence-corrected chi connectivity index (χ2v) is 7.59. The highest BCUT2D eigenvalue weighted by Crippen LogP contribution is 2.53. The van der Waals surface area contributed by atoms with E-state index in [0.29, 0.717) is 13.1 Å². The average Bonchev–Trinajstić information content (AvgIpc) is 3.44. The molecule has 2 atom stereocenters. The molecule has 26 heavy (non-hydrogen) atoms. The number of aliphatic hydroxyl groups excluding tert-OH is 2. The molecule has 2 fully saturated rings. The number of aliphatic hydroxyl groups is 2. The number of piperidine rings is 1. The third kappa shape index (κ3) is 4.96. The van der Waals surface area contributed by atoms with Crippen LogP contribution in [-0.4, -0.2) is 59.6 Å². The lowest BCUT2D eigenvalue weighted by molar-refractivity contribution is -0.0205. The average molecular weight is 362 g/mol. The summed E-state index contributed by atoms with van der Waals surface area (Å²) < 4.78 is 5.18. The lowest BCUT2D eigenvalue weighted by Crippen LogP contribution is -2.50. The van der Waals surface area contributed by atoms with Gasteiger partial charge in [-0.1, -0.05) is 30.3 Å². The molecule has 1 spiro atoms. The number of amides is 1. The Bertz CT molecular complexity index is 576. The predicted octanol–water partition coefficient (Wildman–Crippen LogP) is 1.90. The molecule has 1 saturated heterocycles. The molecule has 1 aliphatic heterocycles. The summed E-state index contributed by atoms with van der Waals surface area (Å²) in [5.74, 6) is 0. The standard InChI is InChI=1S/C20H30N2O4/c23-14-17(22-12-10-20(8-9-20)18(24)13-22)7-4-11-21-19(25)26-15-16-5-2-1-3-6-16/h1-3,5-6,17-18,23-24H,4,7-15H2,(H,21,25)/t17-,18+/m0/s1. The first-order chi connectivity index (χ1) is 12.6. The number of hydrogen-bond donors (Lipinski definition) is 3. The number of hydrogen-bond acceptors (Lipinski definition) is 5. The quantitative estimate of drug-likeness (QED) is 0.616. The number of nitrogens with zero attached hydrogens (tertiary/aromatic N) is 1. The first kappa shape index (κ1) is 19.1. The Hall–Kier alpha value is -1.63. The fourth-order valence-corrected chi connectivity index (χ4v) is 3.81. The molecule has 1 aromatic carbocycles. The van der Waals surface area contributed by atoms with E-state index in [-0.39, 0.29) is 30.8 Å². The SMILES string of the molecule is O=C(NCCC[C@@H](CO)N1CCC2(CC2)[C@H](O)C1)OCc1ccccc1. The van der Waals surface area contributed by atoms with Gasteiger partial charge in [-0.05, 0) is 49.6 Å². The molecule has 3 rings (SSSR count). The van der Waals surface area contributed by atoms with Gasteiger partial charge in [0.1, 0.15) is 6.61 Å². The second-order valence-electron chi connectivity index (χ2n) is 7.59. The van der Waals surface area contributed by atoms with Gasteiger partial charge in [0.15, 0.2) is 0 Å². The third-order valence-corrected chi connectivity index (χ3v) is 5.83. The normalized spacial score (nSPS) is 22.8. The summed E-state index contributed by atoms with van der Waals surface area (Å²) in [6.45, 7) is 2.45. The molecule has 1 aromatic rings. The van der Waals surface area contributed by atoms with Gasteiger partial charge in [0.05, 0.1) is 12.7 Å². The van der Waals surface area contributed by atoms with Crippen molar-refractivity contribution >= 4 is 6.09 Å². The van der Waals surface area contributed by atoms with Gasteiger partial charge in [-0.2, -0.15) is 0 Å².